The summed E-state index contributed by atoms with van der Waals surface area (Å²) >= 11 is 0. The van der Waals surface area contributed by atoms with Crippen LogP contribution in [0.2, 0.25) is 0 Å². The minimum atomic E-state index is -0.482. The van der Waals surface area contributed by atoms with Gasteiger partial charge < -0.3 is 28.4 Å². The topological polar surface area (TPSA) is 130 Å². The van der Waals surface area contributed by atoms with Crippen LogP contribution in [0, 0.1) is 23.7 Å². The van der Waals surface area contributed by atoms with Gasteiger partial charge in [-0.3, -0.25) is 19.2 Å². The van der Waals surface area contributed by atoms with Gasteiger partial charge in [-0.2, -0.15) is 0 Å². The number of hydrogen-bond donors (Lipinski definition) is 0. The molecular weight excluding hydrogens is 749 g/mol. The van der Waals surface area contributed by atoms with E-state index in [0.29, 0.717) is 52.1 Å². The minimum absolute atomic E-state index is 0.0686. The van der Waals surface area contributed by atoms with Gasteiger partial charge in [-0.15, -0.1) is 0 Å². The zero-order valence-electron chi connectivity index (χ0n) is 37.5. The molecule has 340 valence electrons. The number of esters is 4. The molecule has 0 amide bonds. The average molecular weight is 833 g/mol. The number of fused-ring (bicyclic) bond motifs is 2. The highest BCUT2D eigenvalue weighted by molar-refractivity contribution is 5.83. The smallest absolute Gasteiger partial charge is 0.309 e. The van der Waals surface area contributed by atoms with E-state index in [4.69, 9.17) is 28.4 Å². The molecule has 0 N–H and O–H groups in total. The van der Waals surface area contributed by atoms with Crippen LogP contribution in [0.4, 0.5) is 0 Å². The van der Waals surface area contributed by atoms with Crippen molar-refractivity contribution in [3.8, 4) is 0 Å². The predicted molar refractivity (Wildman–Crippen MR) is 230 cm³/mol. The van der Waals surface area contributed by atoms with E-state index >= 15 is 0 Å². The van der Waals surface area contributed by atoms with Gasteiger partial charge in [0.1, 0.15) is 0 Å². The molecule has 0 spiro atoms. The Labute approximate surface area is 358 Å². The van der Waals surface area contributed by atoms with Crippen molar-refractivity contribution in [2.45, 2.75) is 237 Å². The van der Waals surface area contributed by atoms with Crippen molar-refractivity contribution in [2.75, 3.05) is 26.4 Å². The maximum Gasteiger partial charge on any atom is 0.309 e. The lowest BCUT2D eigenvalue weighted by molar-refractivity contribution is -0.162. The molecule has 2 heterocycles. The monoisotopic (exact) mass is 833 g/mol. The van der Waals surface area contributed by atoms with Crippen molar-refractivity contribution >= 4 is 23.9 Å². The molecule has 0 bridgehead atoms. The lowest BCUT2D eigenvalue weighted by Gasteiger charge is -2.26. The standard InChI is InChI=1S/C49H84O10/c1-3-5-7-9-11-13-15-18-22-26-30-54-46(50)38-34-42-44(58-42)36-40(38)48(52)56-32-28-24-20-17-21-25-29-33-57-49(53)41-37-45-43(59-45)35-39(41)47(51)55-31-27-23-19-16-14-12-10-8-6-4-2/h38-45H,3-37H2,1-2H3. The van der Waals surface area contributed by atoms with Crippen LogP contribution in [0.1, 0.15) is 213 Å². The fourth-order valence-corrected chi connectivity index (χ4v) is 9.27. The number of ether oxygens (including phenoxy) is 6. The van der Waals surface area contributed by atoms with E-state index in [1.165, 1.54) is 103 Å². The van der Waals surface area contributed by atoms with Crippen molar-refractivity contribution in [1.29, 1.82) is 0 Å². The predicted octanol–water partition coefficient (Wildman–Crippen LogP) is 11.3. The van der Waals surface area contributed by atoms with Crippen LogP contribution in [0.5, 0.6) is 0 Å². The second kappa shape index (κ2) is 29.9. The molecule has 2 saturated heterocycles. The summed E-state index contributed by atoms with van der Waals surface area (Å²) in [5.74, 6) is -3.04. The van der Waals surface area contributed by atoms with Crippen LogP contribution in [0.3, 0.4) is 0 Å². The number of hydrogen-bond acceptors (Lipinski definition) is 10. The second-order valence-electron chi connectivity index (χ2n) is 18.3. The van der Waals surface area contributed by atoms with Gasteiger partial charge in [0.2, 0.25) is 0 Å². The van der Waals surface area contributed by atoms with E-state index in [9.17, 15) is 19.2 Å². The Morgan fingerprint density at radius 1 is 0.322 bits per heavy atom. The van der Waals surface area contributed by atoms with E-state index in [1.807, 2.05) is 0 Å². The number of carbonyl (C=O) groups excluding carboxylic acids is 4. The Morgan fingerprint density at radius 3 is 0.712 bits per heavy atom. The SMILES string of the molecule is CCCCCCCCCCCCOC(=O)C1CC2OC2CC1C(=O)OCCCCCCCCCOC(=O)C1CC2OC2CC1C(=O)OCCCCCCCCCCCC. The highest BCUT2D eigenvalue weighted by atomic mass is 16.6. The van der Waals surface area contributed by atoms with Crippen LogP contribution >= 0.6 is 0 Å². The fraction of sp³-hybridized carbons (Fsp3) is 0.918. The number of rotatable bonds is 36. The Balaban J connectivity index is 0.968. The molecule has 8 atom stereocenters. The summed E-state index contributed by atoms with van der Waals surface area (Å²) in [5, 5.41) is 0. The molecule has 0 radical (unpaired) electrons. The molecule has 59 heavy (non-hydrogen) atoms. The molecule has 2 saturated carbocycles. The van der Waals surface area contributed by atoms with Gasteiger partial charge in [-0.25, -0.2) is 0 Å². The first-order valence-electron chi connectivity index (χ1n) is 24.9. The first-order chi connectivity index (χ1) is 28.9. The third-order valence-corrected chi connectivity index (χ3v) is 13.3. The van der Waals surface area contributed by atoms with Gasteiger partial charge in [0.25, 0.3) is 0 Å². The molecule has 0 aromatic heterocycles. The molecule has 8 unspecified atom stereocenters. The largest absolute Gasteiger partial charge is 0.465 e. The van der Waals surface area contributed by atoms with Gasteiger partial charge >= 0.3 is 23.9 Å². The van der Waals surface area contributed by atoms with Gasteiger partial charge in [0.15, 0.2) is 0 Å². The molecule has 10 nitrogen and oxygen atoms in total. The summed E-state index contributed by atoms with van der Waals surface area (Å²) in [6, 6.07) is 0. The van der Waals surface area contributed by atoms with Crippen molar-refractivity contribution < 1.29 is 47.6 Å². The van der Waals surface area contributed by atoms with Gasteiger partial charge in [0.05, 0.1) is 74.5 Å². The van der Waals surface area contributed by atoms with E-state index < -0.39 is 23.7 Å². The summed E-state index contributed by atoms with van der Waals surface area (Å²) in [7, 11) is 0. The first kappa shape index (κ1) is 49.5. The molecule has 0 aromatic rings. The van der Waals surface area contributed by atoms with Crippen LogP contribution in [0.15, 0.2) is 0 Å². The number of epoxide rings is 2. The third-order valence-electron chi connectivity index (χ3n) is 13.3. The van der Waals surface area contributed by atoms with E-state index in [1.54, 1.807) is 0 Å². The Bertz CT molecular complexity index is 1090. The first-order valence-corrected chi connectivity index (χ1v) is 24.9. The van der Waals surface area contributed by atoms with E-state index in [2.05, 4.69) is 13.8 Å². The second-order valence-corrected chi connectivity index (χ2v) is 18.3. The molecule has 4 rings (SSSR count). The Hall–Kier alpha value is -2.20. The zero-order chi connectivity index (χ0) is 41.9. The average Bonchev–Trinajstić information content (AvgIpc) is 4.18. The van der Waals surface area contributed by atoms with Crippen LogP contribution in [-0.4, -0.2) is 74.7 Å². The summed E-state index contributed by atoms with van der Waals surface area (Å²) in [6.45, 7) is 6.06. The van der Waals surface area contributed by atoms with Gasteiger partial charge in [-0.1, -0.05) is 162 Å². The van der Waals surface area contributed by atoms with E-state index in [0.717, 1.165) is 70.6 Å². The molecule has 2 aliphatic heterocycles. The number of unbranched alkanes of at least 4 members (excludes halogenated alkanes) is 24. The molecule has 4 fully saturated rings. The van der Waals surface area contributed by atoms with Crippen LogP contribution < -0.4 is 0 Å². The fourth-order valence-electron chi connectivity index (χ4n) is 9.27. The van der Waals surface area contributed by atoms with Crippen molar-refractivity contribution in [3.63, 3.8) is 0 Å². The summed E-state index contributed by atoms with van der Waals surface area (Å²) in [5.41, 5.74) is 0. The Morgan fingerprint density at radius 2 is 0.508 bits per heavy atom. The molecule has 4 aliphatic rings. The van der Waals surface area contributed by atoms with Gasteiger partial charge in [-0.05, 0) is 51.4 Å². The maximum atomic E-state index is 13.1. The summed E-state index contributed by atoms with van der Waals surface area (Å²) < 4.78 is 34.0. The van der Waals surface area contributed by atoms with Crippen molar-refractivity contribution in [3.05, 3.63) is 0 Å². The highest BCUT2D eigenvalue weighted by Gasteiger charge is 2.54. The maximum absolute atomic E-state index is 13.1. The Kier molecular flexibility index (Phi) is 25.1. The van der Waals surface area contributed by atoms with Crippen LogP contribution in [0.25, 0.3) is 0 Å². The summed E-state index contributed by atoms with van der Waals surface area (Å²) in [6.07, 6.45) is 33.7. The van der Waals surface area contributed by atoms with Crippen molar-refractivity contribution in [1.82, 2.24) is 0 Å². The van der Waals surface area contributed by atoms with E-state index in [-0.39, 0.29) is 48.3 Å². The zero-order valence-corrected chi connectivity index (χ0v) is 37.5. The lowest BCUT2D eigenvalue weighted by atomic mass is 9.79. The quantitative estimate of drug-likeness (QED) is 0.0260. The minimum Gasteiger partial charge on any atom is -0.465 e. The number of carbonyl (C=O) groups is 4. The highest BCUT2D eigenvalue weighted by Crippen LogP contribution is 2.45. The summed E-state index contributed by atoms with van der Waals surface area (Å²) in [4.78, 5) is 52.1. The molecular formula is C49H84O10. The van der Waals surface area contributed by atoms with Gasteiger partial charge in [0, 0.05) is 0 Å². The normalized spacial score (nSPS) is 25.4. The van der Waals surface area contributed by atoms with Crippen LogP contribution in [-0.2, 0) is 47.6 Å². The molecule has 0 aromatic carbocycles. The molecule has 2 aliphatic carbocycles. The lowest BCUT2D eigenvalue weighted by Crippen LogP contribution is -2.37. The third kappa shape index (κ3) is 20.0. The molecule has 10 heteroatoms. The van der Waals surface area contributed by atoms with Crippen molar-refractivity contribution in [2.24, 2.45) is 23.7 Å².